The second-order valence-corrected chi connectivity index (χ2v) is 6.51. The van der Waals surface area contributed by atoms with Gasteiger partial charge in [0, 0.05) is 0 Å². The Balaban J connectivity index is 2.96. The van der Waals surface area contributed by atoms with Crippen LogP contribution >= 0.6 is 11.3 Å². The van der Waals surface area contributed by atoms with E-state index in [9.17, 15) is 4.79 Å². The molecular formula is C13H21NO2S. The molecule has 0 aliphatic heterocycles. The zero-order valence-corrected chi connectivity index (χ0v) is 12.0. The minimum Gasteiger partial charge on any atom is -0.456 e. The van der Waals surface area contributed by atoms with Crippen LogP contribution < -0.4 is 5.73 Å². The van der Waals surface area contributed by atoms with Crippen LogP contribution in [0.25, 0.3) is 0 Å². The summed E-state index contributed by atoms with van der Waals surface area (Å²) in [6.07, 6.45) is 0.849. The van der Waals surface area contributed by atoms with Gasteiger partial charge in [-0.2, -0.15) is 0 Å². The molecule has 1 aromatic rings. The Morgan fingerprint density at radius 1 is 1.47 bits per heavy atom. The lowest BCUT2D eigenvalue weighted by molar-refractivity contribution is 0.00701. The van der Waals surface area contributed by atoms with Crippen molar-refractivity contribution in [1.82, 2.24) is 0 Å². The maximum Gasteiger partial charge on any atom is 0.341 e. The average Bonchev–Trinajstić information content (AvgIpc) is 2.42. The van der Waals surface area contributed by atoms with E-state index in [4.69, 9.17) is 10.5 Å². The molecule has 1 heterocycles. The number of carbonyl (C=O) groups excluding carboxylic acids is 1. The number of nitrogen functional groups attached to an aromatic ring is 1. The zero-order valence-electron chi connectivity index (χ0n) is 11.2. The van der Waals surface area contributed by atoms with Crippen LogP contribution in [0.5, 0.6) is 0 Å². The maximum absolute atomic E-state index is 12.0. The van der Waals surface area contributed by atoms with Gasteiger partial charge in [-0.05, 0) is 44.1 Å². The van der Waals surface area contributed by atoms with Crippen molar-refractivity contribution in [2.24, 2.45) is 5.92 Å². The number of carbonyl (C=O) groups is 1. The zero-order chi connectivity index (χ0) is 13.2. The highest BCUT2D eigenvalue weighted by Crippen LogP contribution is 2.29. The Morgan fingerprint density at radius 2 is 2.06 bits per heavy atom. The molecule has 0 atom stereocenters. The molecule has 2 N–H and O–H groups in total. The van der Waals surface area contributed by atoms with E-state index in [0.29, 0.717) is 16.5 Å². The number of ether oxygens (including phenoxy) is 1. The molecule has 1 aromatic heterocycles. The Kier molecular flexibility index (Phi) is 4.20. The van der Waals surface area contributed by atoms with E-state index in [1.807, 2.05) is 26.2 Å². The third-order valence-electron chi connectivity index (χ3n) is 2.13. The fraction of sp³-hybridized carbons (Fsp3) is 0.615. The fourth-order valence-corrected chi connectivity index (χ4v) is 2.38. The lowest BCUT2D eigenvalue weighted by Crippen LogP contribution is -2.24. The van der Waals surface area contributed by atoms with Gasteiger partial charge in [-0.3, -0.25) is 0 Å². The molecule has 0 radical (unpaired) electrons. The highest BCUT2D eigenvalue weighted by Gasteiger charge is 2.24. The normalized spacial score (nSPS) is 11.9. The summed E-state index contributed by atoms with van der Waals surface area (Å²) in [5, 5.41) is 2.50. The number of anilines is 1. The second kappa shape index (κ2) is 5.08. The number of hydrogen-bond acceptors (Lipinski definition) is 4. The standard InChI is InChI=1S/C13H21NO2S/c1-8(2)6-9-7-17-11(14)10(9)12(15)16-13(3,4)5/h7-8H,6,14H2,1-5H3. The van der Waals surface area contributed by atoms with Gasteiger partial charge in [0.15, 0.2) is 0 Å². The molecule has 0 spiro atoms. The molecule has 0 aliphatic rings. The van der Waals surface area contributed by atoms with E-state index >= 15 is 0 Å². The molecule has 0 aliphatic carbocycles. The number of rotatable bonds is 3. The number of esters is 1. The third-order valence-corrected chi connectivity index (χ3v) is 2.99. The van der Waals surface area contributed by atoms with Gasteiger partial charge >= 0.3 is 5.97 Å². The first-order valence-electron chi connectivity index (χ1n) is 5.80. The molecule has 4 heteroatoms. The van der Waals surface area contributed by atoms with Crippen molar-refractivity contribution in [2.45, 2.75) is 46.6 Å². The summed E-state index contributed by atoms with van der Waals surface area (Å²) in [6.45, 7) is 9.81. The topological polar surface area (TPSA) is 52.3 Å². The average molecular weight is 255 g/mol. The SMILES string of the molecule is CC(C)Cc1csc(N)c1C(=O)OC(C)(C)C. The van der Waals surface area contributed by atoms with Gasteiger partial charge in [0.05, 0.1) is 5.56 Å². The molecule has 0 fully saturated rings. The molecule has 17 heavy (non-hydrogen) atoms. The highest BCUT2D eigenvalue weighted by atomic mass is 32.1. The van der Waals surface area contributed by atoms with Crippen molar-refractivity contribution in [3.8, 4) is 0 Å². The van der Waals surface area contributed by atoms with Crippen LogP contribution in [-0.4, -0.2) is 11.6 Å². The molecule has 0 amide bonds. The van der Waals surface area contributed by atoms with E-state index in [1.165, 1.54) is 11.3 Å². The van der Waals surface area contributed by atoms with Crippen molar-refractivity contribution in [3.05, 3.63) is 16.5 Å². The Bertz CT molecular complexity index is 402. The number of nitrogens with two attached hydrogens (primary N) is 1. The van der Waals surface area contributed by atoms with Gasteiger partial charge in [-0.25, -0.2) is 4.79 Å². The van der Waals surface area contributed by atoms with Gasteiger partial charge in [-0.1, -0.05) is 13.8 Å². The van der Waals surface area contributed by atoms with Gasteiger partial charge in [-0.15, -0.1) is 11.3 Å². The summed E-state index contributed by atoms with van der Waals surface area (Å²) in [5.74, 6) is 0.178. The van der Waals surface area contributed by atoms with Crippen LogP contribution in [0, 0.1) is 5.92 Å². The van der Waals surface area contributed by atoms with Gasteiger partial charge in [0.1, 0.15) is 10.6 Å². The van der Waals surface area contributed by atoms with Crippen molar-refractivity contribution in [3.63, 3.8) is 0 Å². The number of thiophene rings is 1. The van der Waals surface area contributed by atoms with Gasteiger partial charge in [0.2, 0.25) is 0 Å². The Labute approximate surface area is 107 Å². The highest BCUT2D eigenvalue weighted by molar-refractivity contribution is 7.14. The van der Waals surface area contributed by atoms with Crippen LogP contribution in [0.15, 0.2) is 5.38 Å². The third kappa shape index (κ3) is 4.04. The van der Waals surface area contributed by atoms with Gasteiger partial charge < -0.3 is 10.5 Å². The number of hydrogen-bond donors (Lipinski definition) is 1. The lowest BCUT2D eigenvalue weighted by atomic mass is 10.0. The van der Waals surface area contributed by atoms with E-state index < -0.39 is 5.60 Å². The first-order chi connectivity index (χ1) is 7.70. The minimum atomic E-state index is -0.486. The van der Waals surface area contributed by atoms with E-state index in [2.05, 4.69) is 13.8 Å². The molecule has 0 saturated carbocycles. The maximum atomic E-state index is 12.0. The Hall–Kier alpha value is -1.03. The minimum absolute atomic E-state index is 0.313. The first-order valence-corrected chi connectivity index (χ1v) is 6.68. The largest absolute Gasteiger partial charge is 0.456 e. The molecule has 96 valence electrons. The van der Waals surface area contributed by atoms with Crippen molar-refractivity contribution in [2.75, 3.05) is 5.73 Å². The predicted octanol–water partition coefficient (Wildman–Crippen LogP) is 3.48. The fourth-order valence-electron chi connectivity index (χ4n) is 1.56. The molecule has 1 rings (SSSR count). The molecule has 3 nitrogen and oxygen atoms in total. The predicted molar refractivity (Wildman–Crippen MR) is 72.4 cm³/mol. The van der Waals surface area contributed by atoms with Crippen LogP contribution in [0.1, 0.15) is 50.5 Å². The van der Waals surface area contributed by atoms with Crippen LogP contribution in [0.4, 0.5) is 5.00 Å². The molecule has 0 saturated heterocycles. The van der Waals surface area contributed by atoms with Gasteiger partial charge in [0.25, 0.3) is 0 Å². The monoisotopic (exact) mass is 255 g/mol. The molecule has 0 aromatic carbocycles. The molecular weight excluding hydrogens is 234 g/mol. The van der Waals surface area contributed by atoms with E-state index in [-0.39, 0.29) is 5.97 Å². The van der Waals surface area contributed by atoms with Crippen molar-refractivity contribution >= 4 is 22.3 Å². The summed E-state index contributed by atoms with van der Waals surface area (Å²) >= 11 is 1.40. The van der Waals surface area contributed by atoms with Crippen molar-refractivity contribution < 1.29 is 9.53 Å². The summed E-state index contributed by atoms with van der Waals surface area (Å²) < 4.78 is 5.37. The quantitative estimate of drug-likeness (QED) is 0.841. The van der Waals surface area contributed by atoms with Crippen molar-refractivity contribution in [1.29, 1.82) is 0 Å². The molecule has 0 bridgehead atoms. The van der Waals surface area contributed by atoms with Crippen LogP contribution in [0.2, 0.25) is 0 Å². The summed E-state index contributed by atoms with van der Waals surface area (Å²) in [6, 6.07) is 0. The summed E-state index contributed by atoms with van der Waals surface area (Å²) in [4.78, 5) is 12.0. The lowest BCUT2D eigenvalue weighted by Gasteiger charge is -2.20. The second-order valence-electron chi connectivity index (χ2n) is 5.60. The summed E-state index contributed by atoms with van der Waals surface area (Å²) in [5.41, 5.74) is 6.92. The first kappa shape index (κ1) is 14.0. The van der Waals surface area contributed by atoms with E-state index in [0.717, 1.165) is 12.0 Å². The van der Waals surface area contributed by atoms with Crippen LogP contribution in [-0.2, 0) is 11.2 Å². The smallest absolute Gasteiger partial charge is 0.341 e. The van der Waals surface area contributed by atoms with Crippen LogP contribution in [0.3, 0.4) is 0 Å². The molecule has 0 unspecified atom stereocenters. The summed E-state index contributed by atoms with van der Waals surface area (Å²) in [7, 11) is 0. The Morgan fingerprint density at radius 3 is 2.53 bits per heavy atom. The van der Waals surface area contributed by atoms with E-state index in [1.54, 1.807) is 0 Å².